The third kappa shape index (κ3) is 4.69. The van der Waals surface area contributed by atoms with Crippen LogP contribution in [0.3, 0.4) is 0 Å². The average Bonchev–Trinajstić information content (AvgIpc) is 3.14. The Morgan fingerprint density at radius 1 is 1.03 bits per heavy atom. The highest BCUT2D eigenvalue weighted by Gasteiger charge is 2.47. The van der Waals surface area contributed by atoms with Crippen LogP contribution in [0.25, 0.3) is 5.76 Å². The minimum atomic E-state index is -0.870. The van der Waals surface area contributed by atoms with Gasteiger partial charge in [-0.1, -0.05) is 55.8 Å². The summed E-state index contributed by atoms with van der Waals surface area (Å²) in [5.41, 5.74) is 2.44. The maximum absolute atomic E-state index is 13.4. The van der Waals surface area contributed by atoms with Crippen LogP contribution in [0, 0.1) is 0 Å². The Balaban J connectivity index is 1.94. The summed E-state index contributed by atoms with van der Waals surface area (Å²) in [6, 6.07) is 18.6. The number of hydrogen-bond acceptors (Lipinski definition) is 5. The monoisotopic (exact) mass is 505 g/mol. The number of halogens is 1. The zero-order valence-electron chi connectivity index (χ0n) is 20.6. The molecular weight excluding hydrogens is 478 g/mol. The second-order valence-corrected chi connectivity index (χ2v) is 9.17. The first-order chi connectivity index (χ1) is 17.3. The molecule has 0 spiro atoms. The lowest BCUT2D eigenvalue weighted by molar-refractivity contribution is -0.132. The van der Waals surface area contributed by atoms with Crippen LogP contribution in [0.15, 0.2) is 72.3 Å². The Labute approximate surface area is 215 Å². The number of ketones is 1. The summed E-state index contributed by atoms with van der Waals surface area (Å²) >= 11 is 6.39. The number of hydrogen-bond donors (Lipinski definition) is 1. The van der Waals surface area contributed by atoms with Gasteiger partial charge in [-0.05, 0) is 54.3 Å². The number of ether oxygens (including phenoxy) is 2. The Bertz CT molecular complexity index is 1330. The van der Waals surface area contributed by atoms with Crippen LogP contribution in [-0.2, 0) is 9.59 Å². The summed E-state index contributed by atoms with van der Waals surface area (Å²) < 4.78 is 10.9. The van der Waals surface area contributed by atoms with Crippen LogP contribution in [-0.4, -0.2) is 30.5 Å². The summed E-state index contributed by atoms with van der Waals surface area (Å²) in [5.74, 6) is -0.574. The third-order valence-corrected chi connectivity index (χ3v) is 6.53. The first kappa shape index (κ1) is 25.3. The minimum Gasteiger partial charge on any atom is -0.507 e. The lowest BCUT2D eigenvalue weighted by Crippen LogP contribution is -2.29. The molecule has 0 bridgehead atoms. The van der Waals surface area contributed by atoms with Crippen molar-refractivity contribution in [3.8, 4) is 11.5 Å². The summed E-state index contributed by atoms with van der Waals surface area (Å²) in [5, 5.41) is 11.6. The lowest BCUT2D eigenvalue weighted by atomic mass is 9.93. The number of methoxy groups -OCH3 is 1. The Morgan fingerprint density at radius 2 is 1.75 bits per heavy atom. The predicted molar refractivity (Wildman–Crippen MR) is 141 cm³/mol. The average molecular weight is 506 g/mol. The molecule has 3 aromatic carbocycles. The number of carbonyl (C=O) groups is 2. The van der Waals surface area contributed by atoms with Gasteiger partial charge in [0.15, 0.2) is 0 Å². The van der Waals surface area contributed by atoms with Gasteiger partial charge in [0, 0.05) is 17.3 Å². The number of rotatable bonds is 7. The smallest absolute Gasteiger partial charge is 0.300 e. The van der Waals surface area contributed by atoms with Crippen molar-refractivity contribution in [2.75, 3.05) is 18.6 Å². The Morgan fingerprint density at radius 3 is 2.39 bits per heavy atom. The van der Waals surface area contributed by atoms with Gasteiger partial charge in [-0.2, -0.15) is 0 Å². The fourth-order valence-corrected chi connectivity index (χ4v) is 4.53. The maximum atomic E-state index is 13.4. The van der Waals surface area contributed by atoms with E-state index in [2.05, 4.69) is 13.8 Å². The number of carbonyl (C=O) groups excluding carboxylic acids is 2. The van der Waals surface area contributed by atoms with E-state index in [0.717, 1.165) is 5.56 Å². The van der Waals surface area contributed by atoms with Gasteiger partial charge >= 0.3 is 0 Å². The van der Waals surface area contributed by atoms with Gasteiger partial charge in [-0.25, -0.2) is 0 Å². The molecule has 0 radical (unpaired) electrons. The normalized spacial score (nSPS) is 17.1. The fourth-order valence-electron chi connectivity index (χ4n) is 4.33. The van der Waals surface area contributed by atoms with E-state index >= 15 is 0 Å². The van der Waals surface area contributed by atoms with E-state index in [4.69, 9.17) is 21.1 Å². The molecular formula is C29H28ClNO5. The molecule has 7 heteroatoms. The third-order valence-electron chi connectivity index (χ3n) is 6.20. The molecule has 1 aliphatic heterocycles. The maximum Gasteiger partial charge on any atom is 0.300 e. The Hall–Kier alpha value is -3.77. The number of benzene rings is 3. The largest absolute Gasteiger partial charge is 0.507 e. The van der Waals surface area contributed by atoms with Gasteiger partial charge in [0.2, 0.25) is 0 Å². The van der Waals surface area contributed by atoms with Crippen LogP contribution in [0.1, 0.15) is 49.4 Å². The first-order valence-corrected chi connectivity index (χ1v) is 12.1. The molecule has 4 rings (SSSR count). The number of aliphatic hydroxyl groups excluding tert-OH is 1. The number of amides is 1. The second-order valence-electron chi connectivity index (χ2n) is 8.77. The molecule has 0 aromatic heterocycles. The topological polar surface area (TPSA) is 76.1 Å². The van der Waals surface area contributed by atoms with Gasteiger partial charge in [0.25, 0.3) is 11.7 Å². The van der Waals surface area contributed by atoms with E-state index in [-0.39, 0.29) is 21.9 Å². The SMILES string of the molecule is CCOc1cccc(N2C(=O)C(=O)/C(=C(/O)c3cc(OC)ccc3Cl)C2c2ccc(C(C)C)cc2)c1. The number of anilines is 1. The molecule has 1 saturated heterocycles. The van der Waals surface area contributed by atoms with Crippen molar-refractivity contribution in [3.05, 3.63) is 94.0 Å². The second kappa shape index (κ2) is 10.5. The summed E-state index contributed by atoms with van der Waals surface area (Å²) in [7, 11) is 1.49. The van der Waals surface area contributed by atoms with E-state index in [9.17, 15) is 14.7 Å². The van der Waals surface area contributed by atoms with Crippen LogP contribution < -0.4 is 14.4 Å². The van der Waals surface area contributed by atoms with Gasteiger partial charge < -0.3 is 14.6 Å². The predicted octanol–water partition coefficient (Wildman–Crippen LogP) is 6.50. The molecule has 0 saturated carbocycles. The van der Waals surface area contributed by atoms with Gasteiger partial charge in [-0.15, -0.1) is 0 Å². The van der Waals surface area contributed by atoms with Crippen molar-refractivity contribution in [1.29, 1.82) is 0 Å². The number of aliphatic hydroxyl groups is 1. The van der Waals surface area contributed by atoms with E-state index in [1.807, 2.05) is 31.2 Å². The van der Waals surface area contributed by atoms with Crippen molar-refractivity contribution < 1.29 is 24.2 Å². The molecule has 3 aromatic rings. The number of nitrogens with zero attached hydrogens (tertiary/aromatic N) is 1. The van der Waals surface area contributed by atoms with Gasteiger partial charge in [0.05, 0.1) is 30.4 Å². The van der Waals surface area contributed by atoms with Gasteiger partial charge in [-0.3, -0.25) is 14.5 Å². The quantitative estimate of drug-likeness (QED) is 0.225. The van der Waals surface area contributed by atoms with Crippen molar-refractivity contribution in [2.45, 2.75) is 32.7 Å². The molecule has 1 amide bonds. The zero-order chi connectivity index (χ0) is 26.0. The van der Waals surface area contributed by atoms with Crippen LogP contribution in [0.4, 0.5) is 5.69 Å². The highest BCUT2D eigenvalue weighted by atomic mass is 35.5. The van der Waals surface area contributed by atoms with E-state index in [1.54, 1.807) is 42.5 Å². The van der Waals surface area contributed by atoms with Crippen molar-refractivity contribution in [3.63, 3.8) is 0 Å². The standard InChI is InChI=1S/C29H28ClNO5/c1-5-36-22-8-6-7-20(15-22)31-26(19-11-9-18(10-12-19)17(2)3)25(28(33)29(31)34)27(32)23-16-21(35-4)13-14-24(23)30/h6-17,26,32H,5H2,1-4H3/b27-25+. The van der Waals surface area contributed by atoms with E-state index in [0.29, 0.717) is 35.3 Å². The highest BCUT2D eigenvalue weighted by Crippen LogP contribution is 2.44. The van der Waals surface area contributed by atoms with Crippen LogP contribution >= 0.6 is 11.6 Å². The molecule has 186 valence electrons. The van der Waals surface area contributed by atoms with Crippen molar-refractivity contribution in [2.24, 2.45) is 0 Å². The van der Waals surface area contributed by atoms with Gasteiger partial charge in [0.1, 0.15) is 17.3 Å². The first-order valence-electron chi connectivity index (χ1n) is 11.7. The molecule has 1 unspecified atom stereocenters. The molecule has 1 heterocycles. The molecule has 0 aliphatic carbocycles. The molecule has 1 fully saturated rings. The zero-order valence-corrected chi connectivity index (χ0v) is 21.4. The fraction of sp³-hybridized carbons (Fsp3) is 0.241. The summed E-state index contributed by atoms with van der Waals surface area (Å²) in [6.07, 6.45) is 0. The molecule has 1 atom stereocenters. The summed E-state index contributed by atoms with van der Waals surface area (Å²) in [4.78, 5) is 28.2. The van der Waals surface area contributed by atoms with Crippen molar-refractivity contribution >= 4 is 34.7 Å². The van der Waals surface area contributed by atoms with Crippen LogP contribution in [0.5, 0.6) is 11.5 Å². The summed E-state index contributed by atoms with van der Waals surface area (Å²) in [6.45, 7) is 6.50. The van der Waals surface area contributed by atoms with Crippen molar-refractivity contribution in [1.82, 2.24) is 0 Å². The van der Waals surface area contributed by atoms with Crippen LogP contribution in [0.2, 0.25) is 5.02 Å². The van der Waals surface area contributed by atoms with E-state index < -0.39 is 17.7 Å². The highest BCUT2D eigenvalue weighted by molar-refractivity contribution is 6.52. The Kier molecular flexibility index (Phi) is 7.36. The lowest BCUT2D eigenvalue weighted by Gasteiger charge is -2.26. The number of Topliss-reactive ketones (excluding diaryl/α,β-unsaturated/α-hetero) is 1. The minimum absolute atomic E-state index is 0.0470. The van der Waals surface area contributed by atoms with E-state index in [1.165, 1.54) is 12.0 Å². The molecule has 1 N–H and O–H groups in total. The molecule has 1 aliphatic rings. The molecule has 36 heavy (non-hydrogen) atoms. The molecule has 6 nitrogen and oxygen atoms in total.